The van der Waals surface area contributed by atoms with Crippen LogP contribution in [-0.4, -0.2) is 36.9 Å². The van der Waals surface area contributed by atoms with Crippen molar-refractivity contribution in [3.8, 4) is 11.5 Å². The van der Waals surface area contributed by atoms with E-state index in [1.165, 1.54) is 6.42 Å². The van der Waals surface area contributed by atoms with Gasteiger partial charge in [-0.05, 0) is 43.7 Å². The van der Waals surface area contributed by atoms with Gasteiger partial charge in [-0.15, -0.1) is 0 Å². The Kier molecular flexibility index (Phi) is 5.41. The lowest BCUT2D eigenvalue weighted by Gasteiger charge is -2.22. The molecule has 0 aliphatic carbocycles. The van der Waals surface area contributed by atoms with Gasteiger partial charge in [-0.1, -0.05) is 19.0 Å². The van der Waals surface area contributed by atoms with Crippen molar-refractivity contribution in [3.05, 3.63) is 41.8 Å². The molecule has 1 aliphatic heterocycles. The van der Waals surface area contributed by atoms with Crippen molar-refractivity contribution in [2.75, 3.05) is 26.8 Å². The Bertz CT molecular complexity index is 636. The van der Waals surface area contributed by atoms with Crippen LogP contribution >= 0.6 is 0 Å². The average Bonchev–Trinajstić information content (AvgIpc) is 3.24. The molecule has 0 radical (unpaired) electrons. The van der Waals surface area contributed by atoms with Gasteiger partial charge in [0.15, 0.2) is 0 Å². The Morgan fingerprint density at radius 2 is 2.00 bits per heavy atom. The molecular weight excluding hydrogens is 304 g/mol. The third kappa shape index (κ3) is 3.90. The maximum Gasteiger partial charge on any atom is 0.139 e. The second kappa shape index (κ2) is 7.71. The maximum atomic E-state index is 5.85. The zero-order valence-electron chi connectivity index (χ0n) is 14.7. The number of rotatable bonds is 7. The summed E-state index contributed by atoms with van der Waals surface area (Å²) < 4.78 is 16.5. The summed E-state index contributed by atoms with van der Waals surface area (Å²) in [6.07, 6.45) is 2.32. The third-order valence-corrected chi connectivity index (χ3v) is 4.53. The number of benzene rings is 1. The van der Waals surface area contributed by atoms with E-state index in [4.69, 9.17) is 14.0 Å². The molecule has 5 heteroatoms. The van der Waals surface area contributed by atoms with Crippen LogP contribution in [-0.2, 0) is 0 Å². The summed E-state index contributed by atoms with van der Waals surface area (Å²) in [6.45, 7) is 6.89. The molecule has 0 unspecified atom stereocenters. The molecule has 1 aromatic carbocycles. The minimum Gasteiger partial charge on any atom is -0.497 e. The topological polar surface area (TPSA) is 47.7 Å². The quantitative estimate of drug-likeness (QED) is 0.767. The molecule has 0 N–H and O–H groups in total. The van der Waals surface area contributed by atoms with Crippen LogP contribution in [0.25, 0.3) is 0 Å². The number of aromatic nitrogens is 1. The van der Waals surface area contributed by atoms with E-state index < -0.39 is 0 Å². The van der Waals surface area contributed by atoms with Gasteiger partial charge >= 0.3 is 0 Å². The van der Waals surface area contributed by atoms with Crippen molar-refractivity contribution in [1.82, 2.24) is 10.1 Å². The van der Waals surface area contributed by atoms with Crippen LogP contribution in [0, 0.1) is 0 Å². The minimum absolute atomic E-state index is 0.348. The number of hydrogen-bond acceptors (Lipinski definition) is 5. The Balaban J connectivity index is 1.53. The SMILES string of the molecule is COc1ccc(OCCN2CCC[C@@H]2c2cc(C(C)C)on2)cc1. The predicted octanol–water partition coefficient (Wildman–Crippen LogP) is 4.02. The van der Waals surface area contributed by atoms with Gasteiger partial charge in [0.2, 0.25) is 0 Å². The molecule has 1 fully saturated rings. The molecule has 0 spiro atoms. The molecule has 1 saturated heterocycles. The molecule has 1 atom stereocenters. The van der Waals surface area contributed by atoms with Crippen molar-refractivity contribution in [2.45, 2.75) is 38.6 Å². The first-order chi connectivity index (χ1) is 11.7. The summed E-state index contributed by atoms with van der Waals surface area (Å²) in [5.74, 6) is 3.05. The molecule has 0 amide bonds. The average molecular weight is 330 g/mol. The van der Waals surface area contributed by atoms with Gasteiger partial charge < -0.3 is 14.0 Å². The third-order valence-electron chi connectivity index (χ3n) is 4.53. The fraction of sp³-hybridized carbons (Fsp3) is 0.526. The second-order valence-electron chi connectivity index (χ2n) is 6.53. The Morgan fingerprint density at radius 3 is 2.67 bits per heavy atom. The first kappa shape index (κ1) is 16.8. The second-order valence-corrected chi connectivity index (χ2v) is 6.53. The normalized spacial score (nSPS) is 18.2. The molecule has 3 rings (SSSR count). The zero-order chi connectivity index (χ0) is 16.9. The molecule has 1 aromatic heterocycles. The van der Waals surface area contributed by atoms with Crippen LogP contribution < -0.4 is 9.47 Å². The summed E-state index contributed by atoms with van der Waals surface area (Å²) in [7, 11) is 1.66. The number of ether oxygens (including phenoxy) is 2. The largest absolute Gasteiger partial charge is 0.497 e. The number of hydrogen-bond donors (Lipinski definition) is 0. The smallest absolute Gasteiger partial charge is 0.139 e. The van der Waals surface area contributed by atoms with E-state index in [-0.39, 0.29) is 0 Å². The molecule has 130 valence electrons. The monoisotopic (exact) mass is 330 g/mol. The Labute approximate surface area is 143 Å². The fourth-order valence-corrected chi connectivity index (χ4v) is 3.11. The van der Waals surface area contributed by atoms with E-state index in [9.17, 15) is 0 Å². The van der Waals surface area contributed by atoms with E-state index >= 15 is 0 Å². The maximum absolute atomic E-state index is 5.85. The lowest BCUT2D eigenvalue weighted by atomic mass is 10.1. The van der Waals surface area contributed by atoms with Crippen molar-refractivity contribution >= 4 is 0 Å². The van der Waals surface area contributed by atoms with Crippen LogP contribution in [0.2, 0.25) is 0 Å². The van der Waals surface area contributed by atoms with Gasteiger partial charge in [-0.25, -0.2) is 0 Å². The van der Waals surface area contributed by atoms with Crippen molar-refractivity contribution in [1.29, 1.82) is 0 Å². The van der Waals surface area contributed by atoms with Gasteiger partial charge in [-0.3, -0.25) is 4.90 Å². The molecule has 1 aliphatic rings. The Morgan fingerprint density at radius 1 is 1.25 bits per heavy atom. The highest BCUT2D eigenvalue weighted by Gasteiger charge is 2.28. The molecule has 24 heavy (non-hydrogen) atoms. The van der Waals surface area contributed by atoms with Crippen LogP contribution in [0.1, 0.15) is 50.1 Å². The first-order valence-electron chi connectivity index (χ1n) is 8.65. The van der Waals surface area contributed by atoms with Crippen molar-refractivity contribution in [3.63, 3.8) is 0 Å². The summed E-state index contributed by atoms with van der Waals surface area (Å²) in [5.41, 5.74) is 1.06. The van der Waals surface area contributed by atoms with Gasteiger partial charge in [0.25, 0.3) is 0 Å². The van der Waals surface area contributed by atoms with Crippen LogP contribution in [0.4, 0.5) is 0 Å². The first-order valence-corrected chi connectivity index (χ1v) is 8.65. The summed E-state index contributed by atoms with van der Waals surface area (Å²) >= 11 is 0. The molecule has 0 bridgehead atoms. The summed E-state index contributed by atoms with van der Waals surface area (Å²) in [6, 6.07) is 10.2. The van der Waals surface area contributed by atoms with Crippen molar-refractivity contribution in [2.24, 2.45) is 0 Å². The lowest BCUT2D eigenvalue weighted by molar-refractivity contribution is 0.192. The summed E-state index contributed by atoms with van der Waals surface area (Å²) in [5, 5.41) is 4.28. The van der Waals surface area contributed by atoms with Gasteiger partial charge in [0, 0.05) is 18.5 Å². The molecule has 2 heterocycles. The van der Waals surface area contributed by atoms with E-state index in [0.29, 0.717) is 18.6 Å². The van der Waals surface area contributed by atoms with Gasteiger partial charge in [0.1, 0.15) is 29.6 Å². The lowest BCUT2D eigenvalue weighted by Crippen LogP contribution is -2.28. The van der Waals surface area contributed by atoms with Crippen LogP contribution in [0.15, 0.2) is 34.9 Å². The molecule has 2 aromatic rings. The van der Waals surface area contributed by atoms with E-state index in [1.807, 2.05) is 24.3 Å². The van der Waals surface area contributed by atoms with Crippen molar-refractivity contribution < 1.29 is 14.0 Å². The Hall–Kier alpha value is -2.01. The molecule has 5 nitrogen and oxygen atoms in total. The van der Waals surface area contributed by atoms with Gasteiger partial charge in [0.05, 0.1) is 13.2 Å². The zero-order valence-corrected chi connectivity index (χ0v) is 14.7. The minimum atomic E-state index is 0.348. The van der Waals surface area contributed by atoms with E-state index in [0.717, 1.165) is 42.5 Å². The summed E-state index contributed by atoms with van der Waals surface area (Å²) in [4.78, 5) is 2.44. The molecular formula is C19H26N2O3. The highest BCUT2D eigenvalue weighted by molar-refractivity contribution is 5.31. The number of likely N-dealkylation sites (tertiary alicyclic amines) is 1. The highest BCUT2D eigenvalue weighted by Crippen LogP contribution is 2.32. The molecule has 0 saturated carbocycles. The van der Waals surface area contributed by atoms with E-state index in [2.05, 4.69) is 30.0 Å². The van der Waals surface area contributed by atoms with E-state index in [1.54, 1.807) is 7.11 Å². The standard InChI is InChI=1S/C19H26N2O3/c1-14(2)19-13-17(20-24-19)18-5-4-10-21(18)11-12-23-16-8-6-15(22-3)7-9-16/h6-9,13-14,18H,4-5,10-12H2,1-3H3/t18-/m1/s1. The highest BCUT2D eigenvalue weighted by atomic mass is 16.5. The van der Waals surface area contributed by atoms with Gasteiger partial charge in [-0.2, -0.15) is 0 Å². The number of methoxy groups -OCH3 is 1. The predicted molar refractivity (Wildman–Crippen MR) is 92.6 cm³/mol. The van der Waals surface area contributed by atoms with Crippen LogP contribution in [0.5, 0.6) is 11.5 Å². The number of nitrogens with zero attached hydrogens (tertiary/aromatic N) is 2. The van der Waals surface area contributed by atoms with Crippen LogP contribution in [0.3, 0.4) is 0 Å². The fourth-order valence-electron chi connectivity index (χ4n) is 3.11.